The van der Waals surface area contributed by atoms with Crippen molar-refractivity contribution in [1.29, 1.82) is 0 Å². The van der Waals surface area contributed by atoms with Crippen LogP contribution in [0.2, 0.25) is 0 Å². The van der Waals surface area contributed by atoms with Crippen molar-refractivity contribution in [3.05, 3.63) is 35.8 Å². The van der Waals surface area contributed by atoms with E-state index in [2.05, 4.69) is 0 Å². The molecule has 5 rings (SSSR count). The van der Waals surface area contributed by atoms with Crippen molar-refractivity contribution in [2.75, 3.05) is 6.61 Å². The van der Waals surface area contributed by atoms with Crippen LogP contribution >= 0.6 is 0 Å². The van der Waals surface area contributed by atoms with E-state index in [0.717, 1.165) is 5.56 Å². The van der Waals surface area contributed by atoms with Crippen LogP contribution in [0.4, 0.5) is 0 Å². The lowest BCUT2D eigenvalue weighted by Gasteiger charge is -2.56. The summed E-state index contributed by atoms with van der Waals surface area (Å²) in [5.74, 6) is -1.44. The van der Waals surface area contributed by atoms with Crippen molar-refractivity contribution in [2.45, 2.75) is 44.5 Å². The summed E-state index contributed by atoms with van der Waals surface area (Å²) in [4.78, 5) is 25.6. The topological polar surface area (TPSA) is 106 Å². The first kappa shape index (κ1) is 17.0. The van der Waals surface area contributed by atoms with E-state index in [-0.39, 0.29) is 24.9 Å². The number of aliphatic hydroxyl groups is 2. The minimum Gasteiger partial charge on any atom is -0.472 e. The Hall–Kier alpha value is -2.12. The molecule has 0 bridgehead atoms. The number of rotatable bonds is 1. The lowest BCUT2D eigenvalue weighted by Crippen LogP contribution is -2.62. The Labute approximate surface area is 155 Å². The van der Waals surface area contributed by atoms with Gasteiger partial charge in [0.1, 0.15) is 12.7 Å². The molecule has 1 aromatic heterocycles. The van der Waals surface area contributed by atoms with Gasteiger partial charge in [-0.1, -0.05) is 6.92 Å². The monoisotopic (exact) mass is 374 g/mol. The third-order valence-electron chi connectivity index (χ3n) is 7.36. The van der Waals surface area contributed by atoms with Crippen LogP contribution in [0, 0.1) is 22.7 Å². The Morgan fingerprint density at radius 3 is 2.74 bits per heavy atom. The number of carbonyl (C=O) groups excluding carboxylic acids is 2. The Morgan fingerprint density at radius 2 is 2.00 bits per heavy atom. The van der Waals surface area contributed by atoms with Crippen molar-refractivity contribution in [2.24, 2.45) is 22.7 Å². The minimum absolute atomic E-state index is 0.0361. The molecule has 4 aliphatic rings. The van der Waals surface area contributed by atoms with Crippen LogP contribution < -0.4 is 0 Å². The Bertz CT molecular complexity index is 827. The van der Waals surface area contributed by atoms with Gasteiger partial charge in [0.2, 0.25) is 0 Å². The molecule has 1 saturated carbocycles. The first-order valence-corrected chi connectivity index (χ1v) is 9.38. The van der Waals surface area contributed by atoms with Crippen molar-refractivity contribution in [1.82, 2.24) is 0 Å². The van der Waals surface area contributed by atoms with Crippen LogP contribution in [0.1, 0.15) is 37.9 Å². The molecule has 7 atom stereocenters. The highest BCUT2D eigenvalue weighted by Crippen LogP contribution is 2.67. The molecule has 3 fully saturated rings. The molecule has 7 nitrogen and oxygen atoms in total. The van der Waals surface area contributed by atoms with E-state index >= 15 is 0 Å². The molecule has 0 aromatic carbocycles. The molecule has 3 heterocycles. The summed E-state index contributed by atoms with van der Waals surface area (Å²) in [5, 5.41) is 21.4. The van der Waals surface area contributed by atoms with Gasteiger partial charge in [-0.05, 0) is 36.8 Å². The van der Waals surface area contributed by atoms with E-state index in [4.69, 9.17) is 13.9 Å². The van der Waals surface area contributed by atoms with E-state index in [0.29, 0.717) is 18.4 Å². The third kappa shape index (κ3) is 1.99. The van der Waals surface area contributed by atoms with Crippen molar-refractivity contribution >= 4 is 11.9 Å². The van der Waals surface area contributed by atoms with Crippen LogP contribution in [0.25, 0.3) is 0 Å². The number of hydrogen-bond acceptors (Lipinski definition) is 7. The Balaban J connectivity index is 1.64. The lowest BCUT2D eigenvalue weighted by atomic mass is 9.45. The molecule has 1 aromatic rings. The molecule has 0 amide bonds. The van der Waals surface area contributed by atoms with Crippen molar-refractivity contribution in [3.63, 3.8) is 0 Å². The minimum atomic E-state index is -0.965. The van der Waals surface area contributed by atoms with Crippen LogP contribution in [0.3, 0.4) is 0 Å². The van der Waals surface area contributed by atoms with Crippen LogP contribution in [-0.4, -0.2) is 41.0 Å². The number of esters is 2. The summed E-state index contributed by atoms with van der Waals surface area (Å²) in [6, 6.07) is 1.78. The van der Waals surface area contributed by atoms with Gasteiger partial charge in [0.15, 0.2) is 0 Å². The normalized spacial score (nSPS) is 45.9. The SMILES string of the molecule is CC1CC(O)C23COC(=O)C2=CC(O)CC3C12CC(c1ccoc1)OC2=O. The molecule has 0 radical (unpaired) electrons. The van der Waals surface area contributed by atoms with Gasteiger partial charge in [-0.2, -0.15) is 0 Å². The summed E-state index contributed by atoms with van der Waals surface area (Å²) in [6.45, 7) is 1.98. The smallest absolute Gasteiger partial charge is 0.334 e. The zero-order valence-electron chi connectivity index (χ0n) is 15.0. The van der Waals surface area contributed by atoms with Gasteiger partial charge >= 0.3 is 11.9 Å². The quantitative estimate of drug-likeness (QED) is 0.718. The van der Waals surface area contributed by atoms with Crippen molar-refractivity contribution in [3.8, 4) is 0 Å². The van der Waals surface area contributed by atoms with E-state index in [1.807, 2.05) is 6.92 Å². The van der Waals surface area contributed by atoms with Crippen LogP contribution in [0.5, 0.6) is 0 Å². The fourth-order valence-electron chi connectivity index (χ4n) is 6.03. The summed E-state index contributed by atoms with van der Waals surface area (Å²) in [5.41, 5.74) is -0.758. The van der Waals surface area contributed by atoms with Gasteiger partial charge in [0, 0.05) is 17.6 Å². The molecule has 144 valence electrons. The molecule has 2 N–H and O–H groups in total. The van der Waals surface area contributed by atoms with Gasteiger partial charge < -0.3 is 24.1 Å². The highest BCUT2D eigenvalue weighted by molar-refractivity contribution is 5.94. The molecular formula is C20H22O7. The summed E-state index contributed by atoms with van der Waals surface area (Å²) < 4.78 is 16.2. The number of carbonyl (C=O) groups is 2. The van der Waals surface area contributed by atoms with Gasteiger partial charge in [-0.15, -0.1) is 0 Å². The molecule has 7 unspecified atom stereocenters. The van der Waals surface area contributed by atoms with E-state index in [1.165, 1.54) is 6.08 Å². The maximum Gasteiger partial charge on any atom is 0.334 e. The first-order chi connectivity index (χ1) is 12.9. The zero-order chi connectivity index (χ0) is 19.0. The highest BCUT2D eigenvalue weighted by Gasteiger charge is 2.72. The maximum absolute atomic E-state index is 13.2. The predicted molar refractivity (Wildman–Crippen MR) is 90.0 cm³/mol. The van der Waals surface area contributed by atoms with Gasteiger partial charge in [-0.3, -0.25) is 4.79 Å². The average Bonchev–Trinajstić information content (AvgIpc) is 3.33. The van der Waals surface area contributed by atoms with Gasteiger partial charge in [-0.25, -0.2) is 4.79 Å². The zero-order valence-corrected chi connectivity index (χ0v) is 15.0. The fourth-order valence-corrected chi connectivity index (χ4v) is 6.03. The number of hydrogen-bond donors (Lipinski definition) is 2. The number of furan rings is 1. The largest absolute Gasteiger partial charge is 0.472 e. The Kier molecular flexibility index (Phi) is 3.44. The summed E-state index contributed by atoms with van der Waals surface area (Å²) in [7, 11) is 0. The molecule has 2 aliphatic heterocycles. The molecule has 2 saturated heterocycles. The van der Waals surface area contributed by atoms with E-state index < -0.39 is 41.0 Å². The second kappa shape index (κ2) is 5.45. The maximum atomic E-state index is 13.2. The molecule has 27 heavy (non-hydrogen) atoms. The van der Waals surface area contributed by atoms with E-state index in [1.54, 1.807) is 18.6 Å². The van der Waals surface area contributed by atoms with E-state index in [9.17, 15) is 19.8 Å². The fraction of sp³-hybridized carbons (Fsp3) is 0.600. The number of cyclic esters (lactones) is 2. The Morgan fingerprint density at radius 1 is 1.19 bits per heavy atom. The predicted octanol–water partition coefficient (Wildman–Crippen LogP) is 1.51. The second-order valence-electron chi connectivity index (χ2n) is 8.40. The third-order valence-corrected chi connectivity index (χ3v) is 7.36. The molecule has 2 aliphatic carbocycles. The standard InChI is InChI=1S/C20H22O7/c1-10-4-16(22)20-9-26-17(23)13(20)5-12(21)6-15(20)19(10)7-14(27-18(19)24)11-2-3-25-8-11/h2-3,5,8,10,12,14-16,21-22H,4,6-7,9H2,1H3. The highest BCUT2D eigenvalue weighted by atomic mass is 16.6. The average molecular weight is 374 g/mol. The second-order valence-corrected chi connectivity index (χ2v) is 8.40. The van der Waals surface area contributed by atoms with Gasteiger partial charge in [0.25, 0.3) is 0 Å². The first-order valence-electron chi connectivity index (χ1n) is 9.38. The molecule has 7 heteroatoms. The van der Waals surface area contributed by atoms with Gasteiger partial charge in [0.05, 0.1) is 35.6 Å². The van der Waals surface area contributed by atoms with Crippen LogP contribution in [-0.2, 0) is 19.1 Å². The number of aliphatic hydroxyl groups excluding tert-OH is 2. The summed E-state index contributed by atoms with van der Waals surface area (Å²) in [6.07, 6.45) is 3.58. The number of ether oxygens (including phenoxy) is 2. The summed E-state index contributed by atoms with van der Waals surface area (Å²) >= 11 is 0. The molecular weight excluding hydrogens is 352 g/mol. The molecule has 2 spiro atoms. The number of fused-ring (bicyclic) bond motifs is 1. The van der Waals surface area contributed by atoms with Crippen molar-refractivity contribution < 1.29 is 33.7 Å². The lowest BCUT2D eigenvalue weighted by molar-refractivity contribution is -0.176. The van der Waals surface area contributed by atoms with Crippen LogP contribution in [0.15, 0.2) is 34.7 Å².